The number of ether oxygens (including phenoxy) is 3. The lowest BCUT2D eigenvalue weighted by Gasteiger charge is -2.26. The van der Waals surface area contributed by atoms with Gasteiger partial charge in [-0.2, -0.15) is 0 Å². The number of hydrogen-bond acceptors (Lipinski definition) is 8. The van der Waals surface area contributed by atoms with Crippen LogP contribution in [0.4, 0.5) is 5.69 Å². The fraction of sp³-hybridized carbons (Fsp3) is 0.545. The second-order valence-electron chi connectivity index (χ2n) is 11.6. The van der Waals surface area contributed by atoms with Gasteiger partial charge in [-0.3, -0.25) is 19.3 Å². The van der Waals surface area contributed by atoms with Gasteiger partial charge in [-0.15, -0.1) is 0 Å². The Morgan fingerprint density at radius 3 is 2.42 bits per heavy atom. The van der Waals surface area contributed by atoms with Gasteiger partial charge in [0.2, 0.25) is 23.0 Å². The number of anilines is 1. The van der Waals surface area contributed by atoms with Gasteiger partial charge in [0.15, 0.2) is 11.5 Å². The van der Waals surface area contributed by atoms with Crippen LogP contribution in [0.5, 0.6) is 17.2 Å². The fourth-order valence-corrected chi connectivity index (χ4v) is 6.40. The van der Waals surface area contributed by atoms with Crippen molar-refractivity contribution in [2.24, 2.45) is 5.92 Å². The lowest BCUT2D eigenvalue weighted by atomic mass is 9.95. The first kappa shape index (κ1) is 32.1. The summed E-state index contributed by atoms with van der Waals surface area (Å²) in [5.41, 5.74) is 3.17. The van der Waals surface area contributed by atoms with E-state index in [1.54, 1.807) is 33.5 Å². The molecule has 0 saturated carbocycles. The Balaban J connectivity index is 1.77. The summed E-state index contributed by atoms with van der Waals surface area (Å²) in [5, 5.41) is 9.41. The van der Waals surface area contributed by atoms with E-state index in [2.05, 4.69) is 27.8 Å². The van der Waals surface area contributed by atoms with Crippen LogP contribution in [0.3, 0.4) is 0 Å². The predicted molar refractivity (Wildman–Crippen MR) is 168 cm³/mol. The number of likely N-dealkylation sites (tertiary alicyclic amines) is 1. The fourth-order valence-electron chi connectivity index (χ4n) is 6.40. The third-order valence-electron chi connectivity index (χ3n) is 8.59. The van der Waals surface area contributed by atoms with Crippen molar-refractivity contribution in [3.05, 3.63) is 45.6 Å². The molecule has 43 heavy (non-hydrogen) atoms. The highest BCUT2D eigenvalue weighted by molar-refractivity contribution is 5.86. The zero-order valence-electron chi connectivity index (χ0n) is 26.5. The molecule has 10 nitrogen and oxygen atoms in total. The number of fused-ring (bicyclic) bond motifs is 3. The summed E-state index contributed by atoms with van der Waals surface area (Å²) in [7, 11) is 4.70. The lowest BCUT2D eigenvalue weighted by Crippen LogP contribution is -2.47. The SMILES string of the molecule is CCN1CCC[C@@H]1CNC(=O)[C@H](Nc1ccc2c(cc1=O)[C@@H](NC(C)=O)CCc1cc(OC)c(OC)c(OC)c1-2)C(C)C. The third-order valence-corrected chi connectivity index (χ3v) is 8.59. The Hall–Kier alpha value is -3.79. The average Bonchev–Trinajstić information content (AvgIpc) is 3.32. The standard InChI is InChI=1S/C33H46N4O6/c1-8-37-15-9-10-22(37)18-34-33(40)30(19(2)3)36-26-14-12-23-24(17-27(26)39)25(35-20(4)38)13-11-21-16-28(41-5)31(42-6)32(43-7)29(21)23/h12,14,16-17,19,22,25,30H,8-11,13,15,18H2,1-7H3,(H,34,40)(H,35,38)(H,36,39)/t22-,25+,30-/m1/s1. The van der Waals surface area contributed by atoms with Crippen molar-refractivity contribution in [1.29, 1.82) is 0 Å². The van der Waals surface area contributed by atoms with Crippen LogP contribution in [-0.2, 0) is 16.0 Å². The summed E-state index contributed by atoms with van der Waals surface area (Å²) in [5.74, 6) is 1.07. The molecule has 2 aromatic rings. The first-order chi connectivity index (χ1) is 20.6. The average molecular weight is 595 g/mol. The molecule has 2 aliphatic rings. The van der Waals surface area contributed by atoms with Crippen molar-refractivity contribution in [3.8, 4) is 28.4 Å². The van der Waals surface area contributed by atoms with Crippen LogP contribution in [0, 0.1) is 5.92 Å². The van der Waals surface area contributed by atoms with Crippen LogP contribution in [0.15, 0.2) is 29.1 Å². The van der Waals surface area contributed by atoms with Crippen molar-refractivity contribution in [2.45, 2.75) is 71.5 Å². The van der Waals surface area contributed by atoms with Crippen LogP contribution in [0.2, 0.25) is 0 Å². The maximum Gasteiger partial charge on any atom is 0.242 e. The van der Waals surface area contributed by atoms with Gasteiger partial charge in [0.05, 0.1) is 33.1 Å². The Bertz CT molecular complexity index is 1390. The number of aryl methyl sites for hydroxylation is 1. The van der Waals surface area contributed by atoms with E-state index in [4.69, 9.17) is 14.2 Å². The quantitative estimate of drug-likeness (QED) is 0.359. The predicted octanol–water partition coefficient (Wildman–Crippen LogP) is 3.90. The molecule has 1 aliphatic carbocycles. The van der Waals surface area contributed by atoms with E-state index in [-0.39, 0.29) is 23.2 Å². The molecule has 1 heterocycles. The summed E-state index contributed by atoms with van der Waals surface area (Å²) < 4.78 is 17.1. The number of hydrogen-bond donors (Lipinski definition) is 3. The molecule has 1 aliphatic heterocycles. The van der Waals surface area contributed by atoms with E-state index in [0.717, 1.165) is 42.6 Å². The van der Waals surface area contributed by atoms with Gasteiger partial charge >= 0.3 is 0 Å². The molecule has 234 valence electrons. The zero-order chi connectivity index (χ0) is 31.3. The molecule has 2 aromatic carbocycles. The molecule has 0 spiro atoms. The number of methoxy groups -OCH3 is 3. The first-order valence-electron chi connectivity index (χ1n) is 15.2. The largest absolute Gasteiger partial charge is 0.493 e. The molecule has 10 heteroatoms. The van der Waals surface area contributed by atoms with Crippen molar-refractivity contribution >= 4 is 17.5 Å². The second kappa shape index (κ2) is 14.1. The Morgan fingerprint density at radius 2 is 1.79 bits per heavy atom. The monoisotopic (exact) mass is 594 g/mol. The Labute approximate surface area is 254 Å². The van der Waals surface area contributed by atoms with E-state index in [1.807, 2.05) is 26.0 Å². The molecule has 4 rings (SSSR count). The van der Waals surface area contributed by atoms with Crippen LogP contribution in [-0.4, -0.2) is 69.8 Å². The van der Waals surface area contributed by atoms with Gasteiger partial charge in [-0.25, -0.2) is 0 Å². The smallest absolute Gasteiger partial charge is 0.242 e. The van der Waals surface area contributed by atoms with Crippen molar-refractivity contribution in [1.82, 2.24) is 15.5 Å². The number of nitrogens with zero attached hydrogens (tertiary/aromatic N) is 1. The van der Waals surface area contributed by atoms with Crippen LogP contribution in [0.25, 0.3) is 11.1 Å². The van der Waals surface area contributed by atoms with Gasteiger partial charge in [0, 0.05) is 25.1 Å². The summed E-state index contributed by atoms with van der Waals surface area (Å²) in [4.78, 5) is 41.8. The third kappa shape index (κ3) is 6.90. The lowest BCUT2D eigenvalue weighted by molar-refractivity contribution is -0.123. The molecule has 3 N–H and O–H groups in total. The molecular formula is C33H46N4O6. The van der Waals surface area contributed by atoms with E-state index in [0.29, 0.717) is 53.9 Å². The number of amides is 2. The summed E-state index contributed by atoms with van der Waals surface area (Å²) in [6, 6.07) is 6.38. The number of carbonyl (C=O) groups excluding carboxylic acids is 2. The number of likely N-dealkylation sites (N-methyl/N-ethyl adjacent to an activating group) is 1. The van der Waals surface area contributed by atoms with Gasteiger partial charge in [-0.1, -0.05) is 26.8 Å². The number of rotatable bonds is 11. The highest BCUT2D eigenvalue weighted by Crippen LogP contribution is 2.50. The normalized spacial score (nSPS) is 18.6. The highest BCUT2D eigenvalue weighted by Gasteiger charge is 2.31. The topological polar surface area (TPSA) is 118 Å². The Morgan fingerprint density at radius 1 is 1.05 bits per heavy atom. The van der Waals surface area contributed by atoms with E-state index in [9.17, 15) is 14.4 Å². The van der Waals surface area contributed by atoms with E-state index in [1.165, 1.54) is 6.92 Å². The van der Waals surface area contributed by atoms with Crippen LogP contribution < -0.4 is 35.6 Å². The van der Waals surface area contributed by atoms with Crippen molar-refractivity contribution in [3.63, 3.8) is 0 Å². The van der Waals surface area contributed by atoms with E-state index < -0.39 is 12.1 Å². The maximum atomic E-state index is 13.8. The number of nitrogens with one attached hydrogen (secondary N) is 3. The minimum atomic E-state index is -0.608. The first-order valence-corrected chi connectivity index (χ1v) is 15.2. The zero-order valence-corrected chi connectivity index (χ0v) is 26.5. The number of benzene rings is 1. The summed E-state index contributed by atoms with van der Waals surface area (Å²) in [6.07, 6.45) is 3.38. The van der Waals surface area contributed by atoms with E-state index >= 15 is 0 Å². The highest BCUT2D eigenvalue weighted by atomic mass is 16.5. The molecule has 1 saturated heterocycles. The molecule has 2 amide bonds. The summed E-state index contributed by atoms with van der Waals surface area (Å²) in [6.45, 7) is 10.1. The van der Waals surface area contributed by atoms with Crippen molar-refractivity contribution < 1.29 is 23.8 Å². The number of carbonyl (C=O) groups is 2. The molecular weight excluding hydrogens is 548 g/mol. The summed E-state index contributed by atoms with van der Waals surface area (Å²) >= 11 is 0. The van der Waals surface area contributed by atoms with Crippen molar-refractivity contribution in [2.75, 3.05) is 46.3 Å². The minimum Gasteiger partial charge on any atom is -0.493 e. The van der Waals surface area contributed by atoms with Gasteiger partial charge < -0.3 is 30.2 Å². The van der Waals surface area contributed by atoms with Gasteiger partial charge in [0.1, 0.15) is 6.04 Å². The molecule has 0 aromatic heterocycles. The van der Waals surface area contributed by atoms with Gasteiger partial charge in [-0.05, 0) is 79.6 Å². The molecule has 0 unspecified atom stereocenters. The van der Waals surface area contributed by atoms with Crippen LogP contribution >= 0.6 is 0 Å². The molecule has 3 atom stereocenters. The second-order valence-corrected chi connectivity index (χ2v) is 11.6. The molecule has 0 radical (unpaired) electrons. The molecule has 0 bridgehead atoms. The Kier molecular flexibility index (Phi) is 10.6. The molecule has 1 fully saturated rings. The van der Waals surface area contributed by atoms with Crippen LogP contribution in [0.1, 0.15) is 64.1 Å². The minimum absolute atomic E-state index is 0.0710. The van der Waals surface area contributed by atoms with Gasteiger partial charge in [0.25, 0.3) is 0 Å². The maximum absolute atomic E-state index is 13.8.